The van der Waals surface area contributed by atoms with Gasteiger partial charge in [0.2, 0.25) is 0 Å². The Bertz CT molecular complexity index is 1590. The van der Waals surface area contributed by atoms with Crippen LogP contribution in [0.1, 0.15) is 11.1 Å². The Hall–Kier alpha value is -4.96. The fourth-order valence-corrected chi connectivity index (χ4v) is 4.88. The van der Waals surface area contributed by atoms with Gasteiger partial charge in [-0.2, -0.15) is 0 Å². The zero-order chi connectivity index (χ0) is 26.4. The van der Waals surface area contributed by atoms with Crippen LogP contribution in [0.15, 0.2) is 152 Å². The van der Waals surface area contributed by atoms with Crippen LogP contribution in [0, 0.1) is 6.92 Å². The van der Waals surface area contributed by atoms with Gasteiger partial charge in [-0.3, -0.25) is 0 Å². The number of rotatable bonds is 7. The third-order valence-corrected chi connectivity index (χ3v) is 6.82. The molecule has 0 spiro atoms. The van der Waals surface area contributed by atoms with E-state index in [1.807, 2.05) is 84.9 Å². The molecule has 0 unspecified atom stereocenters. The van der Waals surface area contributed by atoms with E-state index in [1.165, 1.54) is 11.0 Å². The lowest BCUT2D eigenvalue weighted by Crippen LogP contribution is -2.48. The Labute approximate surface area is 230 Å². The number of ether oxygens (including phenoxy) is 2. The first-order chi connectivity index (χ1) is 19.2. The minimum Gasteiger partial charge on any atom is -0.457 e. The highest BCUT2D eigenvalue weighted by atomic mass is 16.5. The zero-order valence-electron chi connectivity index (χ0n) is 21.8. The molecule has 39 heavy (non-hydrogen) atoms. The molecule has 6 rings (SSSR count). The van der Waals surface area contributed by atoms with E-state index in [0.29, 0.717) is 0 Å². The van der Waals surface area contributed by atoms with Gasteiger partial charge >= 0.3 is 6.85 Å². The number of hydrogen-bond acceptors (Lipinski definition) is 3. The molecule has 0 aromatic heterocycles. The summed E-state index contributed by atoms with van der Waals surface area (Å²) in [5.41, 5.74) is 5.85. The summed E-state index contributed by atoms with van der Waals surface area (Å²) in [7, 11) is 0. The molecule has 5 aromatic carbocycles. The molecule has 4 heteroatoms. The van der Waals surface area contributed by atoms with Gasteiger partial charge in [-0.15, -0.1) is 0 Å². The molecule has 188 valence electrons. The van der Waals surface area contributed by atoms with Gasteiger partial charge in [0.05, 0.1) is 0 Å². The average Bonchev–Trinajstić information content (AvgIpc) is 2.99. The minimum absolute atomic E-state index is 0.0485. The Morgan fingerprint density at radius 3 is 1.64 bits per heavy atom. The van der Waals surface area contributed by atoms with Crippen LogP contribution in [0.2, 0.25) is 0 Å². The van der Waals surface area contributed by atoms with Gasteiger partial charge < -0.3 is 14.3 Å². The molecule has 0 saturated carbocycles. The Balaban J connectivity index is 1.33. The lowest BCUT2D eigenvalue weighted by atomic mass is 9.51. The van der Waals surface area contributed by atoms with Crippen molar-refractivity contribution >= 4 is 23.7 Å². The second-order valence-electron chi connectivity index (χ2n) is 9.46. The highest BCUT2D eigenvalue weighted by Crippen LogP contribution is 2.34. The summed E-state index contributed by atoms with van der Waals surface area (Å²) in [6, 6.07) is 44.9. The third kappa shape index (κ3) is 5.51. The second-order valence-corrected chi connectivity index (χ2v) is 9.46. The zero-order valence-corrected chi connectivity index (χ0v) is 21.8. The van der Waals surface area contributed by atoms with Crippen molar-refractivity contribution in [3.05, 3.63) is 163 Å². The number of aryl methyl sites for hydroxylation is 1. The molecule has 0 N–H and O–H groups in total. The maximum atomic E-state index is 6.06. The third-order valence-electron chi connectivity index (χ3n) is 6.82. The van der Waals surface area contributed by atoms with E-state index in [2.05, 4.69) is 78.4 Å². The number of anilines is 1. The quantitative estimate of drug-likeness (QED) is 0.207. The van der Waals surface area contributed by atoms with Gasteiger partial charge in [-0.1, -0.05) is 78.3 Å². The monoisotopic (exact) mass is 505 g/mol. The fraction of sp³-hybridized carbons (Fsp3) is 0.0286. The van der Waals surface area contributed by atoms with E-state index < -0.39 is 0 Å². The summed E-state index contributed by atoms with van der Waals surface area (Å²) in [5.74, 6) is 5.51. The summed E-state index contributed by atoms with van der Waals surface area (Å²) >= 11 is 0. The normalized spacial score (nSPS) is 12.7. The van der Waals surface area contributed by atoms with Gasteiger partial charge in [0.25, 0.3) is 0 Å². The minimum atomic E-state index is 0.0485. The van der Waals surface area contributed by atoms with Crippen molar-refractivity contribution in [1.82, 2.24) is 0 Å². The first-order valence-electron chi connectivity index (χ1n) is 13.1. The van der Waals surface area contributed by atoms with Crippen LogP contribution in [-0.2, 0) is 0 Å². The molecule has 1 aliphatic heterocycles. The maximum absolute atomic E-state index is 6.06. The lowest BCUT2D eigenvalue weighted by Gasteiger charge is -2.35. The summed E-state index contributed by atoms with van der Waals surface area (Å²) in [4.78, 5) is 2.39. The largest absolute Gasteiger partial charge is 0.457 e. The number of hydrogen-bond donors (Lipinski definition) is 0. The maximum Gasteiger partial charge on any atom is 0.320 e. The predicted molar refractivity (Wildman–Crippen MR) is 162 cm³/mol. The highest BCUT2D eigenvalue weighted by Gasteiger charge is 2.30. The molecular weight excluding hydrogens is 477 g/mol. The average molecular weight is 505 g/mol. The molecule has 0 amide bonds. The van der Waals surface area contributed by atoms with Crippen LogP contribution in [0.3, 0.4) is 0 Å². The predicted octanol–water partition coefficient (Wildman–Crippen LogP) is 8.43. The van der Waals surface area contributed by atoms with Gasteiger partial charge in [-0.05, 0) is 96.8 Å². The molecule has 0 aliphatic carbocycles. The van der Waals surface area contributed by atoms with Crippen LogP contribution in [0.4, 0.5) is 5.69 Å². The van der Waals surface area contributed by atoms with Crippen LogP contribution in [-0.4, -0.2) is 6.85 Å². The van der Waals surface area contributed by atoms with E-state index in [0.717, 1.165) is 39.9 Å². The highest BCUT2D eigenvalue weighted by molar-refractivity contribution is 6.83. The summed E-state index contributed by atoms with van der Waals surface area (Å²) in [5, 5.41) is 0. The van der Waals surface area contributed by atoms with Crippen molar-refractivity contribution in [2.75, 3.05) is 4.81 Å². The van der Waals surface area contributed by atoms with Gasteiger partial charge in [0.15, 0.2) is 0 Å². The standard InChI is InChI=1S/C35H28BNO2/c1-27-11-8-9-16-34(27)36-26-10-17-35(28-18-22-32(23-19-28)38-30-12-4-2-5-13-30)37(36)29-20-24-33(25-21-29)39-31-14-6-3-7-15-31/h2-26H,1H3. The summed E-state index contributed by atoms with van der Waals surface area (Å²) < 4.78 is 12.1. The molecule has 5 aromatic rings. The van der Waals surface area contributed by atoms with Crippen molar-refractivity contribution in [3.8, 4) is 23.0 Å². The number of para-hydroxylation sites is 2. The summed E-state index contributed by atoms with van der Waals surface area (Å²) in [6.45, 7) is 2.22. The van der Waals surface area contributed by atoms with Crippen molar-refractivity contribution in [2.45, 2.75) is 6.92 Å². The Kier molecular flexibility index (Phi) is 7.00. The molecule has 0 radical (unpaired) electrons. The van der Waals surface area contributed by atoms with E-state index in [1.54, 1.807) is 0 Å². The number of benzene rings is 5. The second kappa shape index (κ2) is 11.2. The van der Waals surface area contributed by atoms with Crippen molar-refractivity contribution in [2.24, 2.45) is 0 Å². The molecule has 3 nitrogen and oxygen atoms in total. The molecular formula is C35H28BNO2. The van der Waals surface area contributed by atoms with Crippen molar-refractivity contribution < 1.29 is 9.47 Å². The van der Waals surface area contributed by atoms with Crippen LogP contribution in [0.5, 0.6) is 23.0 Å². The van der Waals surface area contributed by atoms with Gasteiger partial charge in [0.1, 0.15) is 23.0 Å². The number of allylic oxidation sites excluding steroid dienone is 2. The molecule has 0 fully saturated rings. The van der Waals surface area contributed by atoms with E-state index >= 15 is 0 Å². The van der Waals surface area contributed by atoms with Gasteiger partial charge in [0, 0.05) is 11.4 Å². The molecule has 1 aliphatic rings. The van der Waals surface area contributed by atoms with Crippen LogP contribution >= 0.6 is 0 Å². The Morgan fingerprint density at radius 2 is 1.05 bits per heavy atom. The summed E-state index contributed by atoms with van der Waals surface area (Å²) in [6.07, 6.45) is 4.33. The van der Waals surface area contributed by atoms with Gasteiger partial charge in [-0.25, -0.2) is 0 Å². The van der Waals surface area contributed by atoms with E-state index in [4.69, 9.17) is 9.47 Å². The molecule has 0 atom stereocenters. The number of nitrogens with zero attached hydrogens (tertiary/aromatic N) is 1. The first kappa shape index (κ1) is 24.4. The van der Waals surface area contributed by atoms with Crippen molar-refractivity contribution in [1.29, 1.82) is 0 Å². The lowest BCUT2D eigenvalue weighted by molar-refractivity contribution is 0.482. The van der Waals surface area contributed by atoms with E-state index in [9.17, 15) is 0 Å². The smallest absolute Gasteiger partial charge is 0.320 e. The van der Waals surface area contributed by atoms with Crippen LogP contribution in [0.25, 0.3) is 5.70 Å². The topological polar surface area (TPSA) is 21.7 Å². The SMILES string of the molecule is Cc1ccccc1B1C=CC=C(c2ccc(Oc3ccccc3)cc2)N1c1ccc(Oc2ccccc2)cc1. The first-order valence-corrected chi connectivity index (χ1v) is 13.1. The molecule has 1 heterocycles. The van der Waals surface area contributed by atoms with Crippen molar-refractivity contribution in [3.63, 3.8) is 0 Å². The van der Waals surface area contributed by atoms with Crippen LogP contribution < -0.4 is 19.7 Å². The molecule has 0 saturated heterocycles. The molecule has 0 bridgehead atoms. The fourth-order valence-electron chi connectivity index (χ4n) is 4.88. The Morgan fingerprint density at radius 1 is 0.538 bits per heavy atom. The van der Waals surface area contributed by atoms with E-state index in [-0.39, 0.29) is 6.85 Å².